The first-order valence-corrected chi connectivity index (χ1v) is 27.3. The molecule has 66 heavy (non-hydrogen) atoms. The molecule has 0 heterocycles. The van der Waals surface area contributed by atoms with Gasteiger partial charge in [0, 0.05) is 19.3 Å². The zero-order valence-electron chi connectivity index (χ0n) is 41.6. The molecule has 0 radical (unpaired) electrons. The van der Waals surface area contributed by atoms with E-state index in [0.717, 1.165) is 109 Å². The highest BCUT2D eigenvalue weighted by Gasteiger charge is 2.28. The smallest absolute Gasteiger partial charge is 0.462 e. The molecule has 0 aliphatic carbocycles. The number of phosphoric ester groups is 1. The van der Waals surface area contributed by atoms with E-state index in [4.69, 9.17) is 23.3 Å². The van der Waals surface area contributed by atoms with Crippen molar-refractivity contribution < 1.29 is 52.2 Å². The van der Waals surface area contributed by atoms with Crippen LogP contribution < -0.4 is 0 Å². The van der Waals surface area contributed by atoms with E-state index >= 15 is 0 Å². The summed E-state index contributed by atoms with van der Waals surface area (Å²) in [5.74, 6) is -1.52. The number of ether oxygens (including phenoxy) is 3. The number of esters is 3. The first-order chi connectivity index (χ1) is 32.2. The van der Waals surface area contributed by atoms with Crippen LogP contribution in [0.25, 0.3) is 0 Å². The molecule has 0 aromatic heterocycles. The summed E-state index contributed by atoms with van der Waals surface area (Å²) in [5.41, 5.74) is 0. The van der Waals surface area contributed by atoms with E-state index in [1.165, 1.54) is 44.9 Å². The average molecular weight is 949 g/mol. The minimum absolute atomic E-state index is 0.126. The number of phosphoric acid groups is 1. The molecule has 0 aliphatic heterocycles. The highest BCUT2D eigenvalue weighted by Crippen LogP contribution is 2.43. The standard InChI is InChI=1S/C54H93O11P/c1-4-7-10-13-16-19-21-22-23-24-25-26-27-28-30-33-36-39-42-45-54(58)65-51(47-61-52(56)43-40-37-34-32-29-20-17-14-11-8-5-2)49-63-66(59,60)62-48-50(46-55)64-53(57)44-41-38-35-31-18-15-12-9-6-3/h7,10,14,16-17,19,22-23,25-26,28,30,50-51,55H,4-6,8-9,11-13,15,18,20-21,24,27,29,31-49H2,1-3H3,(H,59,60)/b10-7-,17-14-,19-16-,23-22-,26-25-,30-28-. The van der Waals surface area contributed by atoms with Crippen LogP contribution in [0.4, 0.5) is 0 Å². The molecule has 12 heteroatoms. The molecule has 0 saturated carbocycles. The Morgan fingerprint density at radius 1 is 0.439 bits per heavy atom. The molecule has 0 rings (SSSR count). The van der Waals surface area contributed by atoms with Crippen LogP contribution in [-0.4, -0.2) is 66.5 Å². The van der Waals surface area contributed by atoms with Crippen LogP contribution in [0.1, 0.15) is 213 Å². The Morgan fingerprint density at radius 2 is 0.803 bits per heavy atom. The third-order valence-corrected chi connectivity index (χ3v) is 11.6. The minimum Gasteiger partial charge on any atom is -0.462 e. The van der Waals surface area contributed by atoms with Crippen molar-refractivity contribution in [2.24, 2.45) is 0 Å². The van der Waals surface area contributed by atoms with E-state index < -0.39 is 57.8 Å². The van der Waals surface area contributed by atoms with Gasteiger partial charge in [-0.3, -0.25) is 23.4 Å². The summed E-state index contributed by atoms with van der Waals surface area (Å²) in [5, 5.41) is 9.74. The fourth-order valence-corrected chi connectivity index (χ4v) is 7.44. The number of rotatable bonds is 47. The SMILES string of the molecule is CC/C=C\C/C=C\C/C=C\C/C=C\C/C=C\CCCCCC(=O)OC(COC(=O)CCCCCCC/C=C\CCCC)COP(=O)(O)OCC(CO)OC(=O)CCCCCCCCCCC. The molecule has 0 aromatic rings. The molecule has 0 fully saturated rings. The number of carbonyl (C=O) groups excluding carboxylic acids is 3. The highest BCUT2D eigenvalue weighted by molar-refractivity contribution is 7.47. The van der Waals surface area contributed by atoms with Gasteiger partial charge in [-0.05, 0) is 83.5 Å². The lowest BCUT2D eigenvalue weighted by atomic mass is 10.1. The van der Waals surface area contributed by atoms with Crippen LogP contribution in [0.15, 0.2) is 72.9 Å². The summed E-state index contributed by atoms with van der Waals surface area (Å²) >= 11 is 0. The van der Waals surface area contributed by atoms with Gasteiger partial charge in [-0.15, -0.1) is 0 Å². The van der Waals surface area contributed by atoms with Crippen molar-refractivity contribution in [2.45, 2.75) is 226 Å². The molecule has 3 atom stereocenters. The normalized spacial score (nSPS) is 14.1. The summed E-state index contributed by atoms with van der Waals surface area (Å²) in [6, 6.07) is 0. The Labute approximate surface area is 401 Å². The second-order valence-electron chi connectivity index (χ2n) is 17.0. The maximum atomic E-state index is 12.8. The first-order valence-electron chi connectivity index (χ1n) is 25.8. The number of allylic oxidation sites excluding steroid dienone is 12. The van der Waals surface area contributed by atoms with Crippen molar-refractivity contribution in [3.05, 3.63) is 72.9 Å². The van der Waals surface area contributed by atoms with Crippen molar-refractivity contribution >= 4 is 25.7 Å². The maximum Gasteiger partial charge on any atom is 0.472 e. The largest absolute Gasteiger partial charge is 0.472 e. The minimum atomic E-state index is -4.75. The molecule has 0 amide bonds. The van der Waals surface area contributed by atoms with Gasteiger partial charge < -0.3 is 24.2 Å². The van der Waals surface area contributed by atoms with E-state index in [1.54, 1.807) is 0 Å². The van der Waals surface area contributed by atoms with Gasteiger partial charge in [-0.1, -0.05) is 184 Å². The quantitative estimate of drug-likeness (QED) is 0.0197. The van der Waals surface area contributed by atoms with Gasteiger partial charge in [0.15, 0.2) is 6.10 Å². The molecular formula is C54H93O11P. The monoisotopic (exact) mass is 949 g/mol. The van der Waals surface area contributed by atoms with Crippen LogP contribution in [0, 0.1) is 0 Å². The molecule has 0 spiro atoms. The van der Waals surface area contributed by atoms with Gasteiger partial charge in [-0.2, -0.15) is 0 Å². The van der Waals surface area contributed by atoms with Crippen LogP contribution in [0.5, 0.6) is 0 Å². The van der Waals surface area contributed by atoms with Gasteiger partial charge in [0.2, 0.25) is 0 Å². The van der Waals surface area contributed by atoms with Gasteiger partial charge in [0.25, 0.3) is 0 Å². The van der Waals surface area contributed by atoms with E-state index in [2.05, 4.69) is 93.7 Å². The lowest BCUT2D eigenvalue weighted by Gasteiger charge is -2.21. The summed E-state index contributed by atoms with van der Waals surface area (Å²) in [6.45, 7) is 4.40. The Balaban J connectivity index is 4.80. The van der Waals surface area contributed by atoms with Crippen LogP contribution in [0.2, 0.25) is 0 Å². The molecule has 2 N–H and O–H groups in total. The number of hydrogen-bond acceptors (Lipinski definition) is 10. The molecule has 0 bridgehead atoms. The molecule has 3 unspecified atom stereocenters. The number of aliphatic hydroxyl groups is 1. The van der Waals surface area contributed by atoms with E-state index in [1.807, 2.05) is 0 Å². The van der Waals surface area contributed by atoms with Crippen LogP contribution >= 0.6 is 7.82 Å². The summed E-state index contributed by atoms with van der Waals surface area (Å²) < 4.78 is 39.2. The molecule has 0 aromatic carbocycles. The van der Waals surface area contributed by atoms with E-state index in [-0.39, 0.29) is 25.9 Å². The number of hydrogen-bond donors (Lipinski definition) is 2. The van der Waals surface area contributed by atoms with Crippen LogP contribution in [-0.2, 0) is 42.2 Å². The van der Waals surface area contributed by atoms with Crippen molar-refractivity contribution in [2.75, 3.05) is 26.4 Å². The van der Waals surface area contributed by atoms with E-state index in [9.17, 15) is 28.9 Å². The van der Waals surface area contributed by atoms with Gasteiger partial charge in [-0.25, -0.2) is 4.57 Å². The molecule has 11 nitrogen and oxygen atoms in total. The zero-order chi connectivity index (χ0) is 48.4. The topological polar surface area (TPSA) is 155 Å². The third kappa shape index (κ3) is 46.0. The maximum absolute atomic E-state index is 12.8. The second-order valence-corrected chi connectivity index (χ2v) is 18.4. The van der Waals surface area contributed by atoms with Crippen molar-refractivity contribution in [1.29, 1.82) is 0 Å². The predicted molar refractivity (Wildman–Crippen MR) is 270 cm³/mol. The summed E-state index contributed by atoms with van der Waals surface area (Å²) in [7, 11) is -4.75. The molecular weight excluding hydrogens is 856 g/mol. The fourth-order valence-electron chi connectivity index (χ4n) is 6.66. The summed E-state index contributed by atoms with van der Waals surface area (Å²) in [4.78, 5) is 48.2. The number of carbonyl (C=O) groups is 3. The number of unbranched alkanes of at least 4 members (excludes halogenated alkanes) is 18. The van der Waals surface area contributed by atoms with Gasteiger partial charge in [0.1, 0.15) is 12.7 Å². The van der Waals surface area contributed by atoms with Crippen molar-refractivity contribution in [3.8, 4) is 0 Å². The zero-order valence-corrected chi connectivity index (χ0v) is 42.5. The Hall–Kier alpha value is -3.08. The highest BCUT2D eigenvalue weighted by atomic mass is 31.2. The lowest BCUT2D eigenvalue weighted by Crippen LogP contribution is -2.30. The Bertz CT molecular complexity index is 1390. The average Bonchev–Trinajstić information content (AvgIpc) is 3.30. The third-order valence-electron chi connectivity index (χ3n) is 10.6. The Kier molecular flexibility index (Phi) is 46.1. The van der Waals surface area contributed by atoms with Crippen LogP contribution in [0.3, 0.4) is 0 Å². The van der Waals surface area contributed by atoms with E-state index in [0.29, 0.717) is 19.3 Å². The van der Waals surface area contributed by atoms with Crippen molar-refractivity contribution in [3.63, 3.8) is 0 Å². The second kappa shape index (κ2) is 48.4. The van der Waals surface area contributed by atoms with Gasteiger partial charge >= 0.3 is 25.7 Å². The first kappa shape index (κ1) is 62.9. The summed E-state index contributed by atoms with van der Waals surface area (Å²) in [6.07, 6.45) is 51.7. The number of aliphatic hydroxyl groups excluding tert-OH is 1. The van der Waals surface area contributed by atoms with Crippen molar-refractivity contribution in [1.82, 2.24) is 0 Å². The molecule has 380 valence electrons. The van der Waals surface area contributed by atoms with Gasteiger partial charge in [0.05, 0.1) is 19.8 Å². The fraction of sp³-hybridized carbons (Fsp3) is 0.722. The lowest BCUT2D eigenvalue weighted by molar-refractivity contribution is -0.161. The molecule has 0 saturated heterocycles. The molecule has 0 aliphatic rings. The Morgan fingerprint density at radius 3 is 1.29 bits per heavy atom. The predicted octanol–water partition coefficient (Wildman–Crippen LogP) is 14.6.